The molecule has 1 N–H and O–H groups in total. The summed E-state index contributed by atoms with van der Waals surface area (Å²) in [6.07, 6.45) is 10.00. The number of nitrogens with zero attached hydrogens (tertiary/aromatic N) is 2. The Kier molecular flexibility index (Phi) is 7.90. The van der Waals surface area contributed by atoms with Crippen LogP contribution in [0.15, 0.2) is 72.7 Å². The molecule has 0 saturated carbocycles. The fraction of sp³-hybridized carbons (Fsp3) is 0.241. The molecular formula is C29H32N2O3. The fourth-order valence-electron chi connectivity index (χ4n) is 4.24. The Labute approximate surface area is 201 Å². The molecule has 2 aromatic carbocycles. The van der Waals surface area contributed by atoms with Gasteiger partial charge in [0.2, 0.25) is 0 Å². The number of amides is 2. The van der Waals surface area contributed by atoms with Crippen molar-refractivity contribution in [2.75, 3.05) is 7.05 Å². The van der Waals surface area contributed by atoms with Crippen LogP contribution in [0.2, 0.25) is 0 Å². The van der Waals surface area contributed by atoms with E-state index in [4.69, 9.17) is 0 Å². The SMILES string of the molecule is C=c1ccc2c(c1=CC/C=C\C)C(C)=C(O)C(C(=O)N(C)/C=C\C)N(Cc1ccccc1)C2=O. The Morgan fingerprint density at radius 3 is 2.50 bits per heavy atom. The van der Waals surface area contributed by atoms with E-state index in [9.17, 15) is 14.7 Å². The summed E-state index contributed by atoms with van der Waals surface area (Å²) in [7, 11) is 1.62. The van der Waals surface area contributed by atoms with Crippen molar-refractivity contribution < 1.29 is 14.7 Å². The summed E-state index contributed by atoms with van der Waals surface area (Å²) in [5.74, 6) is -0.827. The molecule has 5 heteroatoms. The molecule has 0 fully saturated rings. The summed E-state index contributed by atoms with van der Waals surface area (Å²) >= 11 is 0. The van der Waals surface area contributed by atoms with E-state index in [0.29, 0.717) is 23.1 Å². The number of aliphatic hydroxyl groups is 1. The van der Waals surface area contributed by atoms with Gasteiger partial charge >= 0.3 is 0 Å². The Morgan fingerprint density at radius 2 is 1.85 bits per heavy atom. The summed E-state index contributed by atoms with van der Waals surface area (Å²) in [6.45, 7) is 9.84. The quantitative estimate of drug-likeness (QED) is 0.665. The largest absolute Gasteiger partial charge is 0.509 e. The molecule has 34 heavy (non-hydrogen) atoms. The minimum atomic E-state index is -1.15. The molecule has 1 aliphatic rings. The summed E-state index contributed by atoms with van der Waals surface area (Å²) < 4.78 is 0. The van der Waals surface area contributed by atoms with Crippen LogP contribution in [-0.2, 0) is 11.3 Å². The first kappa shape index (κ1) is 24.8. The van der Waals surface area contributed by atoms with Gasteiger partial charge in [-0.3, -0.25) is 9.59 Å². The molecule has 1 heterocycles. The summed E-state index contributed by atoms with van der Waals surface area (Å²) in [5.41, 5.74) is 2.44. The smallest absolute Gasteiger partial charge is 0.256 e. The molecule has 176 valence electrons. The molecule has 2 amide bonds. The van der Waals surface area contributed by atoms with Crippen molar-refractivity contribution in [1.29, 1.82) is 0 Å². The summed E-state index contributed by atoms with van der Waals surface area (Å²) in [5, 5.41) is 13.0. The van der Waals surface area contributed by atoms with Gasteiger partial charge in [-0.05, 0) is 54.8 Å². The lowest BCUT2D eigenvalue weighted by Crippen LogP contribution is -2.49. The zero-order valence-corrected chi connectivity index (χ0v) is 20.3. The first-order chi connectivity index (χ1) is 16.3. The van der Waals surface area contributed by atoms with Gasteiger partial charge in [-0.2, -0.15) is 0 Å². The zero-order valence-electron chi connectivity index (χ0n) is 20.3. The van der Waals surface area contributed by atoms with E-state index in [0.717, 1.165) is 16.0 Å². The highest BCUT2D eigenvalue weighted by Crippen LogP contribution is 2.30. The Morgan fingerprint density at radius 1 is 1.15 bits per heavy atom. The van der Waals surface area contributed by atoms with E-state index in [1.54, 1.807) is 32.3 Å². The minimum Gasteiger partial charge on any atom is -0.509 e. The third-order valence-electron chi connectivity index (χ3n) is 6.00. The van der Waals surface area contributed by atoms with Gasteiger partial charge in [0.25, 0.3) is 11.8 Å². The first-order valence-electron chi connectivity index (χ1n) is 11.4. The zero-order chi connectivity index (χ0) is 24.8. The van der Waals surface area contributed by atoms with Crippen molar-refractivity contribution in [3.8, 4) is 0 Å². The molecule has 1 aliphatic heterocycles. The number of rotatable bonds is 6. The van der Waals surface area contributed by atoms with Crippen molar-refractivity contribution in [2.45, 2.75) is 39.8 Å². The van der Waals surface area contributed by atoms with E-state index < -0.39 is 6.04 Å². The molecule has 0 bridgehead atoms. The summed E-state index contributed by atoms with van der Waals surface area (Å²) in [6, 6.07) is 11.9. The molecule has 2 aromatic rings. The van der Waals surface area contributed by atoms with Gasteiger partial charge in [0.05, 0.1) is 0 Å². The third kappa shape index (κ3) is 4.88. The standard InChI is InChI=1S/C29H32N2O3/c1-6-8-10-15-23-20(3)16-17-24-25(23)21(4)27(32)26(29(34)30(5)18-7-2)31(28(24)33)19-22-13-11-9-12-14-22/h6-9,11-18,26,32H,3,10,19H2,1-2,4-5H3/b8-6-,18-7-,23-15?. The molecule has 0 aromatic heterocycles. The number of hydrogen-bond donors (Lipinski definition) is 1. The van der Waals surface area contributed by atoms with Crippen LogP contribution in [0.5, 0.6) is 0 Å². The monoisotopic (exact) mass is 456 g/mol. The van der Waals surface area contributed by atoms with Gasteiger partial charge in [-0.25, -0.2) is 0 Å². The average Bonchev–Trinajstić information content (AvgIpc) is 2.90. The first-order valence-corrected chi connectivity index (χ1v) is 11.4. The van der Waals surface area contributed by atoms with E-state index >= 15 is 0 Å². The van der Waals surface area contributed by atoms with Crippen molar-refractivity contribution in [3.63, 3.8) is 0 Å². The van der Waals surface area contributed by atoms with Gasteiger partial charge in [0.15, 0.2) is 6.04 Å². The van der Waals surface area contributed by atoms with Crippen LogP contribution >= 0.6 is 0 Å². The second-order valence-electron chi connectivity index (χ2n) is 8.33. The highest BCUT2D eigenvalue weighted by molar-refractivity contribution is 6.05. The van der Waals surface area contributed by atoms with E-state index in [1.807, 2.05) is 68.5 Å². The lowest BCUT2D eigenvalue weighted by atomic mass is 9.95. The van der Waals surface area contributed by atoms with Crippen LogP contribution in [0.3, 0.4) is 0 Å². The molecule has 0 spiro atoms. The number of likely N-dealkylation sites (N-methyl/N-ethyl adjacent to an activating group) is 1. The number of aliphatic hydroxyl groups excluding tert-OH is 1. The molecule has 1 atom stereocenters. The van der Waals surface area contributed by atoms with Crippen molar-refractivity contribution in [3.05, 3.63) is 99.8 Å². The fourth-order valence-corrected chi connectivity index (χ4v) is 4.24. The van der Waals surface area contributed by atoms with Crippen molar-refractivity contribution in [2.24, 2.45) is 0 Å². The molecule has 3 rings (SSSR count). The maximum absolute atomic E-state index is 14.0. The van der Waals surface area contributed by atoms with Gasteiger partial charge in [0, 0.05) is 30.9 Å². The number of allylic oxidation sites excluding steroid dienone is 4. The number of benzene rings is 2. The third-order valence-corrected chi connectivity index (χ3v) is 6.00. The van der Waals surface area contributed by atoms with Crippen LogP contribution in [0.4, 0.5) is 0 Å². The normalized spacial score (nSPS) is 16.9. The Balaban J connectivity index is 2.30. The van der Waals surface area contributed by atoms with E-state index in [1.165, 1.54) is 9.80 Å². The maximum Gasteiger partial charge on any atom is 0.256 e. The van der Waals surface area contributed by atoms with Gasteiger partial charge in [-0.1, -0.05) is 67.3 Å². The summed E-state index contributed by atoms with van der Waals surface area (Å²) in [4.78, 5) is 30.3. The predicted octanol–water partition coefficient (Wildman–Crippen LogP) is 4.15. The molecule has 0 aliphatic carbocycles. The van der Waals surface area contributed by atoms with E-state index in [2.05, 4.69) is 6.58 Å². The second-order valence-corrected chi connectivity index (χ2v) is 8.33. The van der Waals surface area contributed by atoms with Gasteiger partial charge in [-0.15, -0.1) is 0 Å². The van der Waals surface area contributed by atoms with Crippen LogP contribution in [0.25, 0.3) is 18.2 Å². The highest BCUT2D eigenvalue weighted by atomic mass is 16.3. The Hall–Kier alpha value is -3.86. The van der Waals surface area contributed by atoms with Crippen LogP contribution < -0.4 is 10.4 Å². The average molecular weight is 457 g/mol. The second kappa shape index (κ2) is 10.8. The van der Waals surface area contributed by atoms with Crippen LogP contribution in [-0.4, -0.2) is 39.8 Å². The number of carbonyl (C=O) groups is 2. The van der Waals surface area contributed by atoms with E-state index in [-0.39, 0.29) is 24.1 Å². The highest BCUT2D eigenvalue weighted by Gasteiger charge is 2.40. The number of hydrogen-bond acceptors (Lipinski definition) is 3. The van der Waals surface area contributed by atoms with Crippen molar-refractivity contribution in [1.82, 2.24) is 9.80 Å². The van der Waals surface area contributed by atoms with Crippen molar-refractivity contribution >= 4 is 30.0 Å². The topological polar surface area (TPSA) is 60.9 Å². The predicted molar refractivity (Wildman–Crippen MR) is 138 cm³/mol. The lowest BCUT2D eigenvalue weighted by Gasteiger charge is -2.31. The number of fused-ring (bicyclic) bond motifs is 1. The van der Waals surface area contributed by atoms with Gasteiger partial charge in [0.1, 0.15) is 5.76 Å². The van der Waals surface area contributed by atoms with Gasteiger partial charge < -0.3 is 14.9 Å². The molecular weight excluding hydrogens is 424 g/mol. The lowest BCUT2D eigenvalue weighted by molar-refractivity contribution is -0.132. The molecule has 5 nitrogen and oxygen atoms in total. The maximum atomic E-state index is 14.0. The number of carbonyl (C=O) groups excluding carboxylic acids is 2. The molecule has 1 unspecified atom stereocenters. The van der Waals surface area contributed by atoms with Crippen LogP contribution in [0.1, 0.15) is 48.7 Å². The Bertz CT molecular complexity index is 1270. The molecule has 0 saturated heterocycles. The van der Waals surface area contributed by atoms with Crippen LogP contribution in [0, 0.1) is 0 Å². The minimum absolute atomic E-state index is 0.129. The molecule has 0 radical (unpaired) electrons.